The summed E-state index contributed by atoms with van der Waals surface area (Å²) >= 11 is 12.6. The predicted molar refractivity (Wildman–Crippen MR) is 102 cm³/mol. The summed E-state index contributed by atoms with van der Waals surface area (Å²) in [6.07, 6.45) is 2.41. The van der Waals surface area contributed by atoms with Gasteiger partial charge in [-0.2, -0.15) is 0 Å². The van der Waals surface area contributed by atoms with Crippen molar-refractivity contribution in [3.8, 4) is 11.1 Å². The number of nitrogens with one attached hydrogen (secondary N) is 1. The molecule has 0 bridgehead atoms. The first-order chi connectivity index (χ1) is 11.7. The van der Waals surface area contributed by atoms with Gasteiger partial charge in [0.15, 0.2) is 0 Å². The molecule has 3 aliphatic heterocycles. The lowest BCUT2D eigenvalue weighted by atomic mass is 9.79. The van der Waals surface area contributed by atoms with E-state index in [0.29, 0.717) is 10.9 Å². The van der Waals surface area contributed by atoms with Gasteiger partial charge in [0, 0.05) is 53.4 Å². The number of hydrogen-bond donors (Lipinski definition) is 1. The van der Waals surface area contributed by atoms with Crippen molar-refractivity contribution in [2.24, 2.45) is 5.92 Å². The zero-order valence-corrected chi connectivity index (χ0v) is 15.0. The number of nitrogens with zero attached hydrogens (tertiary/aromatic N) is 1. The summed E-state index contributed by atoms with van der Waals surface area (Å²) in [6, 6.07) is 10.6. The molecule has 4 heteroatoms. The van der Waals surface area contributed by atoms with Gasteiger partial charge in [-0.25, -0.2) is 0 Å². The second-order valence-electron chi connectivity index (χ2n) is 7.27. The third-order valence-electron chi connectivity index (χ3n) is 5.85. The average molecular weight is 359 g/mol. The van der Waals surface area contributed by atoms with E-state index in [9.17, 15) is 0 Å². The number of hydrogen-bond acceptors (Lipinski definition) is 2. The first-order valence-electron chi connectivity index (χ1n) is 8.78. The molecule has 2 nitrogen and oxygen atoms in total. The molecular formula is C20H20Cl2N2. The van der Waals surface area contributed by atoms with Gasteiger partial charge in [-0.15, -0.1) is 0 Å². The number of rotatable bonds is 1. The molecule has 24 heavy (non-hydrogen) atoms. The molecule has 3 heterocycles. The molecule has 2 unspecified atom stereocenters. The minimum Gasteiger partial charge on any atom is -0.371 e. The highest BCUT2D eigenvalue weighted by Gasteiger charge is 2.38. The molecule has 3 aliphatic rings. The van der Waals surface area contributed by atoms with Crippen molar-refractivity contribution < 1.29 is 0 Å². The second kappa shape index (κ2) is 5.66. The van der Waals surface area contributed by atoms with E-state index in [-0.39, 0.29) is 0 Å². The molecule has 2 aromatic rings. The van der Waals surface area contributed by atoms with Crippen LogP contribution >= 0.6 is 23.2 Å². The summed E-state index contributed by atoms with van der Waals surface area (Å²) in [6.45, 7) is 4.65. The summed E-state index contributed by atoms with van der Waals surface area (Å²) in [5.41, 5.74) is 6.85. The van der Waals surface area contributed by atoms with Crippen LogP contribution in [0.15, 0.2) is 30.3 Å². The van der Waals surface area contributed by atoms with Gasteiger partial charge in [0.2, 0.25) is 0 Å². The quantitative estimate of drug-likeness (QED) is 0.792. The molecule has 0 aliphatic carbocycles. The minimum atomic E-state index is 0.638. The van der Waals surface area contributed by atoms with Crippen LogP contribution in [-0.4, -0.2) is 26.2 Å². The van der Waals surface area contributed by atoms with E-state index in [1.165, 1.54) is 48.3 Å². The van der Waals surface area contributed by atoms with Crippen LogP contribution in [0, 0.1) is 5.92 Å². The van der Waals surface area contributed by atoms with E-state index in [2.05, 4.69) is 22.3 Å². The van der Waals surface area contributed by atoms with E-state index < -0.39 is 0 Å². The molecule has 0 radical (unpaired) electrons. The van der Waals surface area contributed by atoms with Crippen LogP contribution in [0.5, 0.6) is 0 Å². The van der Waals surface area contributed by atoms with Crippen LogP contribution < -0.4 is 10.2 Å². The van der Waals surface area contributed by atoms with Crippen LogP contribution in [0.3, 0.4) is 0 Å². The van der Waals surface area contributed by atoms with Crippen LogP contribution in [0.1, 0.15) is 23.5 Å². The Balaban J connectivity index is 1.70. The third kappa shape index (κ3) is 2.28. The third-order valence-corrected chi connectivity index (χ3v) is 6.39. The predicted octanol–water partition coefficient (Wildman–Crippen LogP) is 4.73. The van der Waals surface area contributed by atoms with E-state index in [1.54, 1.807) is 0 Å². The van der Waals surface area contributed by atoms with Gasteiger partial charge in [-0.1, -0.05) is 29.3 Å². The van der Waals surface area contributed by atoms with Crippen LogP contribution in [0.2, 0.25) is 10.0 Å². The summed E-state index contributed by atoms with van der Waals surface area (Å²) < 4.78 is 0. The Kier molecular flexibility index (Phi) is 3.55. The van der Waals surface area contributed by atoms with Crippen molar-refractivity contribution in [3.05, 3.63) is 51.5 Å². The fourth-order valence-corrected chi connectivity index (χ4v) is 5.30. The lowest BCUT2D eigenvalue weighted by Gasteiger charge is -2.42. The topological polar surface area (TPSA) is 15.3 Å². The van der Waals surface area contributed by atoms with E-state index in [1.807, 2.05) is 18.2 Å². The number of anilines is 1. The molecule has 0 aromatic heterocycles. The lowest BCUT2D eigenvalue weighted by molar-refractivity contribution is 0.470. The Morgan fingerprint density at radius 2 is 2.00 bits per heavy atom. The number of halogens is 2. The Hall–Kier alpha value is -1.22. The van der Waals surface area contributed by atoms with Gasteiger partial charge >= 0.3 is 0 Å². The van der Waals surface area contributed by atoms with Crippen molar-refractivity contribution in [2.75, 3.05) is 31.1 Å². The zero-order valence-electron chi connectivity index (χ0n) is 13.5. The summed E-state index contributed by atoms with van der Waals surface area (Å²) in [4.78, 5) is 2.62. The Bertz CT molecular complexity index is 818. The molecule has 0 spiro atoms. The molecule has 0 amide bonds. The monoisotopic (exact) mass is 358 g/mol. The summed E-state index contributed by atoms with van der Waals surface area (Å²) in [7, 11) is 0. The molecule has 0 saturated carbocycles. The van der Waals surface area contributed by atoms with Gasteiger partial charge in [-0.05, 0) is 59.7 Å². The molecular weight excluding hydrogens is 339 g/mol. The fraction of sp³-hybridized carbons (Fsp3) is 0.400. The lowest BCUT2D eigenvalue weighted by Crippen LogP contribution is -2.40. The normalized spacial score (nSPS) is 24.7. The van der Waals surface area contributed by atoms with Gasteiger partial charge in [-0.3, -0.25) is 0 Å². The van der Waals surface area contributed by atoms with Gasteiger partial charge in [0.05, 0.1) is 0 Å². The highest BCUT2D eigenvalue weighted by atomic mass is 35.5. The van der Waals surface area contributed by atoms with E-state index in [4.69, 9.17) is 23.2 Å². The van der Waals surface area contributed by atoms with Crippen molar-refractivity contribution >= 4 is 28.9 Å². The van der Waals surface area contributed by atoms with Crippen molar-refractivity contribution in [2.45, 2.75) is 18.8 Å². The van der Waals surface area contributed by atoms with Gasteiger partial charge in [0.25, 0.3) is 0 Å². The van der Waals surface area contributed by atoms with E-state index in [0.717, 1.165) is 29.6 Å². The molecule has 1 N–H and O–H groups in total. The number of aryl methyl sites for hydroxylation is 1. The van der Waals surface area contributed by atoms with Crippen molar-refractivity contribution in [3.63, 3.8) is 0 Å². The van der Waals surface area contributed by atoms with Crippen LogP contribution in [-0.2, 0) is 6.42 Å². The SMILES string of the molecule is Clc1ccc(-c2cc3c4c(c2)C2CNCC2CN4CCC3)c(Cl)c1. The van der Waals surface area contributed by atoms with Crippen LogP contribution in [0.4, 0.5) is 5.69 Å². The maximum absolute atomic E-state index is 6.49. The average Bonchev–Trinajstić information content (AvgIpc) is 3.03. The smallest absolute Gasteiger partial charge is 0.0499 e. The first-order valence-corrected chi connectivity index (χ1v) is 9.54. The number of fused-ring (bicyclic) bond motifs is 2. The minimum absolute atomic E-state index is 0.638. The molecule has 5 rings (SSSR count). The maximum atomic E-state index is 6.49. The summed E-state index contributed by atoms with van der Waals surface area (Å²) in [5.74, 6) is 1.37. The molecule has 1 fully saturated rings. The maximum Gasteiger partial charge on any atom is 0.0499 e. The zero-order chi connectivity index (χ0) is 16.3. The Morgan fingerprint density at radius 1 is 1.08 bits per heavy atom. The van der Waals surface area contributed by atoms with Crippen molar-refractivity contribution in [1.29, 1.82) is 0 Å². The van der Waals surface area contributed by atoms with Crippen molar-refractivity contribution in [1.82, 2.24) is 5.32 Å². The van der Waals surface area contributed by atoms with Gasteiger partial charge < -0.3 is 10.2 Å². The standard InChI is InChI=1S/C20H20Cl2N2/c21-15-3-4-16(19(22)8-15)13-6-12-2-1-5-24-11-14-9-23-10-18(14)17(7-13)20(12)24/h3-4,6-8,14,18,23H,1-2,5,9-11H2. The molecule has 2 atom stereocenters. The Morgan fingerprint density at radius 3 is 2.88 bits per heavy atom. The fourth-order valence-electron chi connectivity index (χ4n) is 4.78. The number of benzene rings is 2. The molecule has 2 aromatic carbocycles. The highest BCUT2D eigenvalue weighted by Crippen LogP contribution is 2.46. The Labute approximate surface area is 152 Å². The largest absolute Gasteiger partial charge is 0.371 e. The van der Waals surface area contributed by atoms with E-state index >= 15 is 0 Å². The second-order valence-corrected chi connectivity index (χ2v) is 8.12. The molecule has 1 saturated heterocycles. The van der Waals surface area contributed by atoms with Gasteiger partial charge in [0.1, 0.15) is 0 Å². The highest BCUT2D eigenvalue weighted by molar-refractivity contribution is 6.36. The first kappa shape index (κ1) is 15.1. The van der Waals surface area contributed by atoms with Crippen LogP contribution in [0.25, 0.3) is 11.1 Å². The molecule has 124 valence electrons. The summed E-state index contributed by atoms with van der Waals surface area (Å²) in [5, 5.41) is 5.02.